The first-order chi connectivity index (χ1) is 15.9. The maximum atomic E-state index is 13.2. The number of nitrogens with one attached hydrogen (secondary N) is 1. The number of aromatic nitrogens is 1. The number of carbonyl (C=O) groups excluding carboxylic acids is 2. The summed E-state index contributed by atoms with van der Waals surface area (Å²) in [6, 6.07) is 8.33. The minimum absolute atomic E-state index is 0.142. The predicted octanol–water partition coefficient (Wildman–Crippen LogP) is 3.09. The van der Waals surface area contributed by atoms with Crippen LogP contribution in [0.4, 0.5) is 5.13 Å². The molecule has 178 valence electrons. The van der Waals surface area contributed by atoms with Gasteiger partial charge in [0.05, 0.1) is 12.3 Å². The minimum atomic E-state index is -3.63. The Hall–Kier alpha value is -2.30. The normalized spacial score (nSPS) is 19.4. The molecule has 1 aromatic carbocycles. The van der Waals surface area contributed by atoms with Gasteiger partial charge in [0.15, 0.2) is 5.13 Å². The number of hydrogen-bond donors (Lipinski definition) is 1. The second-order valence-electron chi connectivity index (χ2n) is 8.74. The fourth-order valence-electron chi connectivity index (χ4n) is 4.70. The van der Waals surface area contributed by atoms with Crippen molar-refractivity contribution in [3.63, 3.8) is 0 Å². The number of hydrogen-bond acceptors (Lipinski definition) is 6. The van der Waals surface area contributed by atoms with Crippen LogP contribution < -0.4 is 5.32 Å². The highest BCUT2D eigenvalue weighted by molar-refractivity contribution is 7.88. The van der Waals surface area contributed by atoms with Crippen LogP contribution >= 0.6 is 11.3 Å². The van der Waals surface area contributed by atoms with Gasteiger partial charge in [-0.15, -0.1) is 11.3 Å². The lowest BCUT2D eigenvalue weighted by Gasteiger charge is -2.39. The Morgan fingerprint density at radius 2 is 1.91 bits per heavy atom. The fourth-order valence-corrected chi connectivity index (χ4v) is 6.69. The van der Waals surface area contributed by atoms with Crippen molar-refractivity contribution in [1.29, 1.82) is 0 Å². The van der Waals surface area contributed by atoms with E-state index in [0.29, 0.717) is 23.0 Å². The summed E-state index contributed by atoms with van der Waals surface area (Å²) >= 11 is 1.33. The highest BCUT2D eigenvalue weighted by Gasteiger charge is 2.38. The number of carbonyl (C=O) groups is 2. The standard InChI is InChI=1S/C23H30N4O4S2/c28-21-16-26(33(30,31)17-19-9-5-2-6-10-19)12-13-27(21)20(15-18-7-3-1-4-8-18)22(29)25-23-24-11-14-32-23/h2,5-6,9-11,14,18,20H,1,3-4,7-8,12-13,15-17H2,(H,24,25,29)/t20-/m0/s1. The summed E-state index contributed by atoms with van der Waals surface area (Å²) in [7, 11) is -3.63. The molecule has 0 spiro atoms. The molecule has 1 aromatic heterocycles. The van der Waals surface area contributed by atoms with E-state index >= 15 is 0 Å². The van der Waals surface area contributed by atoms with E-state index in [1.54, 1.807) is 40.7 Å². The van der Waals surface area contributed by atoms with E-state index in [2.05, 4.69) is 10.3 Å². The number of anilines is 1. The molecule has 8 nitrogen and oxygen atoms in total. The number of nitrogens with zero attached hydrogens (tertiary/aromatic N) is 3. The first-order valence-electron chi connectivity index (χ1n) is 11.4. The zero-order valence-electron chi connectivity index (χ0n) is 18.6. The molecule has 1 aliphatic heterocycles. The van der Waals surface area contributed by atoms with Crippen LogP contribution in [0.2, 0.25) is 0 Å². The lowest BCUT2D eigenvalue weighted by molar-refractivity contribution is -0.142. The van der Waals surface area contributed by atoms with Crippen LogP contribution in [0.1, 0.15) is 44.1 Å². The van der Waals surface area contributed by atoms with Crippen molar-refractivity contribution in [2.24, 2.45) is 5.92 Å². The van der Waals surface area contributed by atoms with Gasteiger partial charge in [0.1, 0.15) is 6.04 Å². The summed E-state index contributed by atoms with van der Waals surface area (Å²) < 4.78 is 27.1. The van der Waals surface area contributed by atoms with E-state index in [4.69, 9.17) is 0 Å². The van der Waals surface area contributed by atoms with Crippen molar-refractivity contribution >= 4 is 38.3 Å². The third-order valence-electron chi connectivity index (χ3n) is 6.43. The maximum Gasteiger partial charge on any atom is 0.248 e. The second kappa shape index (κ2) is 10.8. The van der Waals surface area contributed by atoms with E-state index < -0.39 is 16.1 Å². The topological polar surface area (TPSA) is 99.7 Å². The van der Waals surface area contributed by atoms with Crippen LogP contribution in [0.15, 0.2) is 41.9 Å². The zero-order valence-corrected chi connectivity index (χ0v) is 20.2. The van der Waals surface area contributed by atoms with E-state index in [1.807, 2.05) is 6.07 Å². The largest absolute Gasteiger partial charge is 0.328 e. The lowest BCUT2D eigenvalue weighted by atomic mass is 9.84. The van der Waals surface area contributed by atoms with E-state index in [0.717, 1.165) is 25.7 Å². The summed E-state index contributed by atoms with van der Waals surface area (Å²) in [5, 5.41) is 5.14. The molecule has 33 heavy (non-hydrogen) atoms. The SMILES string of the molecule is O=C(Nc1nccs1)[C@H](CC1CCCCC1)N1CCN(S(=O)(=O)Cc2ccccc2)CC1=O. The Labute approximate surface area is 199 Å². The van der Waals surface area contributed by atoms with E-state index in [-0.39, 0.29) is 37.2 Å². The Morgan fingerprint density at radius 1 is 1.15 bits per heavy atom. The van der Waals surface area contributed by atoms with Gasteiger partial charge in [-0.3, -0.25) is 9.59 Å². The smallest absolute Gasteiger partial charge is 0.248 e. The molecule has 1 saturated heterocycles. The number of piperazine rings is 1. The quantitative estimate of drug-likeness (QED) is 0.613. The number of amides is 2. The average molecular weight is 491 g/mol. The number of rotatable bonds is 8. The van der Waals surface area contributed by atoms with Gasteiger partial charge in [0.25, 0.3) is 0 Å². The van der Waals surface area contributed by atoms with E-state index in [1.165, 1.54) is 22.1 Å². The number of sulfonamides is 1. The molecule has 1 N–H and O–H groups in total. The summed E-state index contributed by atoms with van der Waals surface area (Å²) in [5.74, 6) is -0.326. The zero-order chi connectivity index (χ0) is 23.3. The first-order valence-corrected chi connectivity index (χ1v) is 13.9. The Morgan fingerprint density at radius 3 is 2.58 bits per heavy atom. The van der Waals surface area contributed by atoms with Crippen LogP contribution in [0, 0.1) is 5.92 Å². The lowest BCUT2D eigenvalue weighted by Crippen LogP contribution is -2.58. The Kier molecular flexibility index (Phi) is 7.77. The van der Waals surface area contributed by atoms with Gasteiger partial charge >= 0.3 is 0 Å². The molecule has 0 bridgehead atoms. The highest BCUT2D eigenvalue weighted by atomic mass is 32.2. The molecular weight excluding hydrogens is 460 g/mol. The average Bonchev–Trinajstić information content (AvgIpc) is 3.32. The molecule has 10 heteroatoms. The minimum Gasteiger partial charge on any atom is -0.328 e. The summed E-state index contributed by atoms with van der Waals surface area (Å²) in [4.78, 5) is 32.0. The van der Waals surface area contributed by atoms with Gasteiger partial charge in [0, 0.05) is 24.7 Å². The van der Waals surface area contributed by atoms with Gasteiger partial charge < -0.3 is 10.2 Å². The van der Waals surface area contributed by atoms with Crippen LogP contribution in [-0.4, -0.2) is 60.1 Å². The Balaban J connectivity index is 1.45. The highest BCUT2D eigenvalue weighted by Crippen LogP contribution is 2.30. The van der Waals surface area contributed by atoms with Crippen LogP contribution in [0.3, 0.4) is 0 Å². The predicted molar refractivity (Wildman–Crippen MR) is 128 cm³/mol. The summed E-state index contributed by atoms with van der Waals surface area (Å²) in [6.45, 7) is 0.156. The van der Waals surface area contributed by atoms with Gasteiger partial charge in [0.2, 0.25) is 21.8 Å². The second-order valence-corrected chi connectivity index (χ2v) is 11.6. The summed E-state index contributed by atoms with van der Waals surface area (Å²) in [6.07, 6.45) is 7.83. The molecule has 2 aliphatic rings. The molecule has 4 rings (SSSR count). The molecule has 1 saturated carbocycles. The molecular formula is C23H30N4O4S2. The van der Waals surface area contributed by atoms with Gasteiger partial charge in [-0.2, -0.15) is 4.31 Å². The molecule has 2 aromatic rings. The summed E-state index contributed by atoms with van der Waals surface area (Å²) in [5.41, 5.74) is 0.686. The van der Waals surface area contributed by atoms with Crippen LogP contribution in [0.25, 0.3) is 0 Å². The van der Waals surface area contributed by atoms with Gasteiger partial charge in [-0.05, 0) is 17.9 Å². The molecule has 2 fully saturated rings. The molecule has 1 atom stereocenters. The Bertz CT molecular complexity index is 1040. The van der Waals surface area contributed by atoms with Crippen molar-refractivity contribution in [3.8, 4) is 0 Å². The van der Waals surface area contributed by atoms with Gasteiger partial charge in [-0.1, -0.05) is 62.4 Å². The van der Waals surface area contributed by atoms with Crippen molar-refractivity contribution in [3.05, 3.63) is 47.5 Å². The third-order valence-corrected chi connectivity index (χ3v) is 8.92. The third kappa shape index (κ3) is 6.18. The molecule has 0 radical (unpaired) electrons. The first kappa shape index (κ1) is 23.8. The molecule has 2 heterocycles. The fraction of sp³-hybridized carbons (Fsp3) is 0.522. The molecule has 2 amide bonds. The monoisotopic (exact) mass is 490 g/mol. The van der Waals surface area contributed by atoms with Crippen LogP contribution in [-0.2, 0) is 25.4 Å². The van der Waals surface area contributed by atoms with Crippen molar-refractivity contribution in [2.75, 3.05) is 25.0 Å². The molecule has 1 aliphatic carbocycles. The molecule has 0 unspecified atom stereocenters. The van der Waals surface area contributed by atoms with Crippen LogP contribution in [0.5, 0.6) is 0 Å². The number of thiazole rings is 1. The number of benzene rings is 1. The van der Waals surface area contributed by atoms with Gasteiger partial charge in [-0.25, -0.2) is 13.4 Å². The maximum absolute atomic E-state index is 13.2. The van der Waals surface area contributed by atoms with Crippen molar-refractivity contribution in [2.45, 2.75) is 50.3 Å². The van der Waals surface area contributed by atoms with Crippen molar-refractivity contribution in [1.82, 2.24) is 14.2 Å². The van der Waals surface area contributed by atoms with Crippen molar-refractivity contribution < 1.29 is 18.0 Å². The van der Waals surface area contributed by atoms with E-state index in [9.17, 15) is 18.0 Å².